The third-order valence-corrected chi connectivity index (χ3v) is 5.92. The molecular formula is C17H26N2O3S. The first kappa shape index (κ1) is 17.9. The third-order valence-electron chi connectivity index (χ3n) is 4.48. The minimum Gasteiger partial charge on any atom is -0.343 e. The van der Waals surface area contributed by atoms with Crippen molar-refractivity contribution in [2.45, 2.75) is 44.4 Å². The average molecular weight is 338 g/mol. The number of benzene rings is 1. The zero-order valence-corrected chi connectivity index (χ0v) is 14.9. The van der Waals surface area contributed by atoms with Crippen LogP contribution >= 0.6 is 0 Å². The molecule has 1 aromatic rings. The van der Waals surface area contributed by atoms with Crippen LogP contribution in [0.15, 0.2) is 29.2 Å². The van der Waals surface area contributed by atoms with Gasteiger partial charge in [-0.1, -0.05) is 26.0 Å². The highest BCUT2D eigenvalue weighted by molar-refractivity contribution is 7.89. The molecule has 1 fully saturated rings. The number of carbonyl (C=O) groups is 1. The molecule has 0 aromatic heterocycles. The van der Waals surface area contributed by atoms with E-state index in [4.69, 9.17) is 0 Å². The highest BCUT2D eigenvalue weighted by Gasteiger charge is 2.23. The summed E-state index contributed by atoms with van der Waals surface area (Å²) in [6, 6.07) is 7.06. The molecular weight excluding hydrogens is 312 g/mol. The fourth-order valence-electron chi connectivity index (χ4n) is 2.79. The Kier molecular flexibility index (Phi) is 5.81. The van der Waals surface area contributed by atoms with E-state index in [0.717, 1.165) is 18.4 Å². The summed E-state index contributed by atoms with van der Waals surface area (Å²) in [5.74, 6) is 0.760. The van der Waals surface area contributed by atoms with Crippen LogP contribution in [0.1, 0.15) is 45.1 Å². The molecule has 6 heteroatoms. The van der Waals surface area contributed by atoms with Gasteiger partial charge >= 0.3 is 0 Å². The summed E-state index contributed by atoms with van der Waals surface area (Å²) in [5, 5.41) is 0. The topological polar surface area (TPSA) is 66.5 Å². The second-order valence-corrected chi connectivity index (χ2v) is 8.29. The Labute approximate surface area is 139 Å². The minimum atomic E-state index is -3.46. The standard InChI is InChI=1S/C17H26N2O3S/c1-13(2)16-4-6-17(7-5-16)23(21,22)18-12-15-8-10-19(11-9-15)14(3)20/h4-7,13,15,18H,8-12H2,1-3H3. The molecule has 0 spiro atoms. The zero-order chi connectivity index (χ0) is 17.0. The predicted molar refractivity (Wildman–Crippen MR) is 90.7 cm³/mol. The molecule has 1 aliphatic rings. The van der Waals surface area contributed by atoms with Crippen molar-refractivity contribution in [3.63, 3.8) is 0 Å². The quantitative estimate of drug-likeness (QED) is 0.896. The molecule has 1 saturated heterocycles. The van der Waals surface area contributed by atoms with Gasteiger partial charge < -0.3 is 4.90 Å². The molecule has 1 amide bonds. The van der Waals surface area contributed by atoms with Gasteiger partial charge in [0, 0.05) is 26.6 Å². The van der Waals surface area contributed by atoms with Crippen molar-refractivity contribution < 1.29 is 13.2 Å². The van der Waals surface area contributed by atoms with E-state index in [9.17, 15) is 13.2 Å². The lowest BCUT2D eigenvalue weighted by Crippen LogP contribution is -2.40. The molecule has 1 aromatic carbocycles. The molecule has 0 radical (unpaired) electrons. The van der Waals surface area contributed by atoms with E-state index in [-0.39, 0.29) is 11.8 Å². The van der Waals surface area contributed by atoms with Crippen LogP contribution in [-0.4, -0.2) is 38.9 Å². The predicted octanol–water partition coefficient (Wildman–Crippen LogP) is 2.35. The van der Waals surface area contributed by atoms with Gasteiger partial charge in [0.1, 0.15) is 0 Å². The normalized spacial score (nSPS) is 16.8. The SMILES string of the molecule is CC(=O)N1CCC(CNS(=O)(=O)c2ccc(C(C)C)cc2)CC1. The Morgan fingerprint density at radius 2 is 1.78 bits per heavy atom. The summed E-state index contributed by atoms with van der Waals surface area (Å²) in [7, 11) is -3.46. The lowest BCUT2D eigenvalue weighted by Gasteiger charge is -2.31. The summed E-state index contributed by atoms with van der Waals surface area (Å²) in [6.07, 6.45) is 1.68. The van der Waals surface area contributed by atoms with Crippen molar-refractivity contribution in [2.75, 3.05) is 19.6 Å². The maximum Gasteiger partial charge on any atom is 0.240 e. The van der Waals surface area contributed by atoms with Crippen LogP contribution in [0.25, 0.3) is 0 Å². The molecule has 1 aliphatic heterocycles. The van der Waals surface area contributed by atoms with Crippen LogP contribution in [0.3, 0.4) is 0 Å². The number of hydrogen-bond acceptors (Lipinski definition) is 3. The number of sulfonamides is 1. The van der Waals surface area contributed by atoms with Gasteiger partial charge in [-0.25, -0.2) is 13.1 Å². The van der Waals surface area contributed by atoms with Crippen molar-refractivity contribution in [1.82, 2.24) is 9.62 Å². The van der Waals surface area contributed by atoms with Crippen LogP contribution in [0.4, 0.5) is 0 Å². The first-order valence-electron chi connectivity index (χ1n) is 8.14. The fraction of sp³-hybridized carbons (Fsp3) is 0.588. The van der Waals surface area contributed by atoms with Crippen molar-refractivity contribution >= 4 is 15.9 Å². The third kappa shape index (κ3) is 4.78. The van der Waals surface area contributed by atoms with Gasteiger partial charge in [-0.15, -0.1) is 0 Å². The Morgan fingerprint density at radius 3 is 2.26 bits per heavy atom. The summed E-state index contributed by atoms with van der Waals surface area (Å²) in [4.78, 5) is 13.4. The molecule has 1 N–H and O–H groups in total. The molecule has 0 saturated carbocycles. The number of nitrogens with one attached hydrogen (secondary N) is 1. The number of amides is 1. The molecule has 128 valence electrons. The Hall–Kier alpha value is -1.40. The van der Waals surface area contributed by atoms with Gasteiger partial charge in [-0.2, -0.15) is 0 Å². The monoisotopic (exact) mass is 338 g/mol. The van der Waals surface area contributed by atoms with E-state index < -0.39 is 10.0 Å². The van der Waals surface area contributed by atoms with Crippen LogP contribution in [0.5, 0.6) is 0 Å². The molecule has 0 aliphatic carbocycles. The van der Waals surface area contributed by atoms with E-state index in [1.165, 1.54) is 0 Å². The minimum absolute atomic E-state index is 0.0919. The molecule has 0 bridgehead atoms. The Morgan fingerprint density at radius 1 is 1.22 bits per heavy atom. The van der Waals surface area contributed by atoms with Gasteiger partial charge in [0.15, 0.2) is 0 Å². The van der Waals surface area contributed by atoms with Crippen molar-refractivity contribution in [3.8, 4) is 0 Å². The average Bonchev–Trinajstić information content (AvgIpc) is 2.53. The second-order valence-electron chi connectivity index (χ2n) is 6.53. The number of hydrogen-bond donors (Lipinski definition) is 1. The van der Waals surface area contributed by atoms with E-state index in [2.05, 4.69) is 18.6 Å². The van der Waals surface area contributed by atoms with Crippen LogP contribution < -0.4 is 4.72 Å². The van der Waals surface area contributed by atoms with Gasteiger partial charge in [0.2, 0.25) is 15.9 Å². The Balaban J connectivity index is 1.90. The molecule has 5 nitrogen and oxygen atoms in total. The lowest BCUT2D eigenvalue weighted by molar-refractivity contribution is -0.130. The van der Waals surface area contributed by atoms with E-state index in [0.29, 0.717) is 30.4 Å². The number of piperidine rings is 1. The second kappa shape index (κ2) is 7.45. The summed E-state index contributed by atoms with van der Waals surface area (Å²) in [6.45, 7) is 7.59. The zero-order valence-electron chi connectivity index (χ0n) is 14.1. The van der Waals surface area contributed by atoms with Gasteiger partial charge in [-0.3, -0.25) is 4.79 Å². The van der Waals surface area contributed by atoms with E-state index in [1.54, 1.807) is 19.1 Å². The number of likely N-dealkylation sites (tertiary alicyclic amines) is 1. The first-order valence-corrected chi connectivity index (χ1v) is 9.63. The lowest BCUT2D eigenvalue weighted by atomic mass is 9.97. The maximum atomic E-state index is 12.4. The van der Waals surface area contributed by atoms with Gasteiger partial charge in [-0.05, 0) is 42.4 Å². The smallest absolute Gasteiger partial charge is 0.240 e. The molecule has 0 unspecified atom stereocenters. The van der Waals surface area contributed by atoms with Gasteiger partial charge in [0.05, 0.1) is 4.90 Å². The van der Waals surface area contributed by atoms with Crippen molar-refractivity contribution in [1.29, 1.82) is 0 Å². The van der Waals surface area contributed by atoms with Crippen molar-refractivity contribution in [2.24, 2.45) is 5.92 Å². The van der Waals surface area contributed by atoms with E-state index >= 15 is 0 Å². The summed E-state index contributed by atoms with van der Waals surface area (Å²) >= 11 is 0. The number of carbonyl (C=O) groups excluding carboxylic acids is 1. The Bertz CT molecular complexity index is 630. The highest BCUT2D eigenvalue weighted by Crippen LogP contribution is 2.19. The molecule has 23 heavy (non-hydrogen) atoms. The number of nitrogens with zero attached hydrogens (tertiary/aromatic N) is 1. The van der Waals surface area contributed by atoms with Gasteiger partial charge in [0.25, 0.3) is 0 Å². The summed E-state index contributed by atoms with van der Waals surface area (Å²) in [5.41, 5.74) is 1.13. The van der Waals surface area contributed by atoms with Crippen LogP contribution in [-0.2, 0) is 14.8 Å². The van der Waals surface area contributed by atoms with Crippen molar-refractivity contribution in [3.05, 3.63) is 29.8 Å². The highest BCUT2D eigenvalue weighted by atomic mass is 32.2. The van der Waals surface area contributed by atoms with E-state index in [1.807, 2.05) is 17.0 Å². The maximum absolute atomic E-state index is 12.4. The summed E-state index contributed by atoms with van der Waals surface area (Å²) < 4.78 is 27.4. The number of rotatable bonds is 5. The largest absolute Gasteiger partial charge is 0.343 e. The van der Waals surface area contributed by atoms with Crippen LogP contribution in [0.2, 0.25) is 0 Å². The van der Waals surface area contributed by atoms with Crippen LogP contribution in [0, 0.1) is 5.92 Å². The molecule has 0 atom stereocenters. The first-order chi connectivity index (χ1) is 10.8. The molecule has 1 heterocycles. The molecule has 2 rings (SSSR count). The fourth-order valence-corrected chi connectivity index (χ4v) is 3.91.